The van der Waals surface area contributed by atoms with Gasteiger partial charge in [-0.1, -0.05) is 0 Å². The quantitative estimate of drug-likeness (QED) is 0.807. The van der Waals surface area contributed by atoms with E-state index in [1.54, 1.807) is 14.2 Å². The molecule has 1 aromatic carbocycles. The molecule has 1 heterocycles. The van der Waals surface area contributed by atoms with E-state index in [-0.39, 0.29) is 0 Å². The van der Waals surface area contributed by atoms with Gasteiger partial charge in [0.1, 0.15) is 17.5 Å². The third-order valence-electron chi connectivity index (χ3n) is 3.01. The molecule has 0 unspecified atom stereocenters. The molecule has 1 aliphatic rings. The second-order valence-corrected chi connectivity index (χ2v) is 3.88. The van der Waals surface area contributed by atoms with Crippen molar-refractivity contribution in [1.82, 2.24) is 0 Å². The van der Waals surface area contributed by atoms with E-state index in [1.807, 2.05) is 12.1 Å². The zero-order valence-electron chi connectivity index (χ0n) is 9.32. The minimum absolute atomic E-state index is 0.561. The molecule has 0 aromatic heterocycles. The van der Waals surface area contributed by atoms with Gasteiger partial charge in [-0.3, -0.25) is 0 Å². The predicted molar refractivity (Wildman–Crippen MR) is 58.3 cm³/mol. The average molecular weight is 208 g/mol. The van der Waals surface area contributed by atoms with Crippen molar-refractivity contribution in [3.8, 4) is 11.5 Å². The van der Waals surface area contributed by atoms with Gasteiger partial charge in [-0.2, -0.15) is 0 Å². The van der Waals surface area contributed by atoms with E-state index in [2.05, 4.69) is 11.4 Å². The standard InChI is InChI=1S/C12H17NO2/c1-14-9-5-6-10(12(8-9)15-2)11-4-3-7-13-11/h5-6,8,11,13H,3-4,7H2,1-2H3/p+1/t11-/m0/s1. The average Bonchev–Trinajstić information content (AvgIpc) is 2.81. The van der Waals surface area contributed by atoms with Crippen LogP contribution < -0.4 is 14.8 Å². The number of rotatable bonds is 3. The lowest BCUT2D eigenvalue weighted by Gasteiger charge is -2.13. The molecule has 3 heteroatoms. The van der Waals surface area contributed by atoms with Gasteiger partial charge < -0.3 is 14.8 Å². The molecule has 0 bridgehead atoms. The summed E-state index contributed by atoms with van der Waals surface area (Å²) in [6.07, 6.45) is 2.53. The molecule has 1 atom stereocenters. The van der Waals surface area contributed by atoms with Crippen molar-refractivity contribution in [1.29, 1.82) is 0 Å². The first-order valence-corrected chi connectivity index (χ1v) is 5.40. The summed E-state index contributed by atoms with van der Waals surface area (Å²) in [4.78, 5) is 0. The van der Waals surface area contributed by atoms with Crippen LogP contribution in [0.3, 0.4) is 0 Å². The second kappa shape index (κ2) is 4.53. The van der Waals surface area contributed by atoms with E-state index in [0.29, 0.717) is 6.04 Å². The Balaban J connectivity index is 2.29. The normalized spacial score (nSPS) is 20.3. The minimum atomic E-state index is 0.561. The van der Waals surface area contributed by atoms with Crippen molar-refractivity contribution in [2.45, 2.75) is 18.9 Å². The SMILES string of the molecule is COc1ccc([C@@H]2CCC[NH2+]2)c(OC)c1. The molecule has 0 amide bonds. The van der Waals surface area contributed by atoms with Crippen LogP contribution in [0.2, 0.25) is 0 Å². The van der Waals surface area contributed by atoms with Crippen LogP contribution in [0.5, 0.6) is 11.5 Å². The Morgan fingerprint density at radius 3 is 2.73 bits per heavy atom. The van der Waals surface area contributed by atoms with Gasteiger partial charge in [0.15, 0.2) is 0 Å². The van der Waals surface area contributed by atoms with Crippen LogP contribution in [0.15, 0.2) is 18.2 Å². The molecule has 0 aliphatic carbocycles. The highest BCUT2D eigenvalue weighted by Crippen LogP contribution is 2.30. The van der Waals surface area contributed by atoms with Crippen LogP contribution in [-0.2, 0) is 0 Å². The number of quaternary nitrogens is 1. The fourth-order valence-corrected chi connectivity index (χ4v) is 2.18. The second-order valence-electron chi connectivity index (χ2n) is 3.88. The summed E-state index contributed by atoms with van der Waals surface area (Å²) in [5, 5.41) is 2.38. The van der Waals surface area contributed by atoms with Crippen LogP contribution >= 0.6 is 0 Å². The Morgan fingerprint density at radius 1 is 1.27 bits per heavy atom. The Labute approximate surface area is 90.4 Å². The number of methoxy groups -OCH3 is 2. The largest absolute Gasteiger partial charge is 0.497 e. The summed E-state index contributed by atoms with van der Waals surface area (Å²) in [7, 11) is 3.39. The number of hydrogen-bond donors (Lipinski definition) is 1. The highest BCUT2D eigenvalue weighted by atomic mass is 16.5. The van der Waals surface area contributed by atoms with E-state index < -0.39 is 0 Å². The Bertz CT molecular complexity index is 332. The van der Waals surface area contributed by atoms with Crippen LogP contribution in [0.4, 0.5) is 0 Å². The summed E-state index contributed by atoms with van der Waals surface area (Å²) in [5.41, 5.74) is 1.29. The number of ether oxygens (including phenoxy) is 2. The molecule has 1 fully saturated rings. The first kappa shape index (κ1) is 10.3. The molecule has 0 saturated carbocycles. The molecule has 1 aliphatic heterocycles. The maximum Gasteiger partial charge on any atom is 0.131 e. The van der Waals surface area contributed by atoms with E-state index in [0.717, 1.165) is 11.5 Å². The summed E-state index contributed by atoms with van der Waals surface area (Å²) in [5.74, 6) is 1.80. The number of hydrogen-bond acceptors (Lipinski definition) is 2. The van der Waals surface area contributed by atoms with E-state index in [1.165, 1.54) is 24.9 Å². The predicted octanol–water partition coefficient (Wildman–Crippen LogP) is 1.10. The van der Waals surface area contributed by atoms with Crippen molar-refractivity contribution in [2.75, 3.05) is 20.8 Å². The van der Waals surface area contributed by atoms with Crippen LogP contribution in [0.1, 0.15) is 24.4 Å². The summed E-state index contributed by atoms with van der Waals surface area (Å²) in [6.45, 7) is 1.22. The fraction of sp³-hybridized carbons (Fsp3) is 0.500. The monoisotopic (exact) mass is 208 g/mol. The molecule has 3 nitrogen and oxygen atoms in total. The summed E-state index contributed by atoms with van der Waals surface area (Å²) < 4.78 is 10.6. The molecule has 0 spiro atoms. The van der Waals surface area contributed by atoms with Crippen LogP contribution in [-0.4, -0.2) is 20.8 Å². The van der Waals surface area contributed by atoms with E-state index in [4.69, 9.17) is 9.47 Å². The van der Waals surface area contributed by atoms with Crippen LogP contribution in [0.25, 0.3) is 0 Å². The molecule has 2 rings (SSSR count). The smallest absolute Gasteiger partial charge is 0.131 e. The summed E-state index contributed by atoms with van der Waals surface area (Å²) in [6, 6.07) is 6.64. The van der Waals surface area contributed by atoms with Gasteiger partial charge in [-0.25, -0.2) is 0 Å². The van der Waals surface area contributed by atoms with Gasteiger partial charge in [-0.05, 0) is 12.1 Å². The van der Waals surface area contributed by atoms with Crippen LogP contribution in [0, 0.1) is 0 Å². The molecular formula is C12H18NO2+. The third-order valence-corrected chi connectivity index (χ3v) is 3.01. The third kappa shape index (κ3) is 2.07. The molecule has 1 aromatic rings. The minimum Gasteiger partial charge on any atom is -0.497 e. The maximum atomic E-state index is 5.40. The van der Waals surface area contributed by atoms with E-state index >= 15 is 0 Å². The van der Waals surface area contributed by atoms with Crippen molar-refractivity contribution in [3.05, 3.63) is 23.8 Å². The van der Waals surface area contributed by atoms with E-state index in [9.17, 15) is 0 Å². The fourth-order valence-electron chi connectivity index (χ4n) is 2.18. The number of benzene rings is 1. The van der Waals surface area contributed by atoms with Gasteiger partial charge in [0.2, 0.25) is 0 Å². The van der Waals surface area contributed by atoms with Crippen molar-refractivity contribution >= 4 is 0 Å². The van der Waals surface area contributed by atoms with Crippen molar-refractivity contribution < 1.29 is 14.8 Å². The molecular weight excluding hydrogens is 190 g/mol. The van der Waals surface area contributed by atoms with Gasteiger partial charge in [0.25, 0.3) is 0 Å². The summed E-state index contributed by atoms with van der Waals surface area (Å²) >= 11 is 0. The maximum absolute atomic E-state index is 5.40. The van der Waals surface area contributed by atoms with Crippen molar-refractivity contribution in [2.24, 2.45) is 0 Å². The van der Waals surface area contributed by atoms with Gasteiger partial charge in [0.05, 0.1) is 26.3 Å². The Kier molecular flexibility index (Phi) is 3.11. The van der Waals surface area contributed by atoms with Gasteiger partial charge >= 0.3 is 0 Å². The number of nitrogens with two attached hydrogens (primary N) is 1. The lowest BCUT2D eigenvalue weighted by Crippen LogP contribution is -2.81. The van der Waals surface area contributed by atoms with Crippen molar-refractivity contribution in [3.63, 3.8) is 0 Å². The lowest BCUT2D eigenvalue weighted by molar-refractivity contribution is -0.676. The topological polar surface area (TPSA) is 35.1 Å². The zero-order chi connectivity index (χ0) is 10.7. The lowest BCUT2D eigenvalue weighted by atomic mass is 10.0. The van der Waals surface area contributed by atoms with Gasteiger partial charge in [-0.15, -0.1) is 0 Å². The first-order chi connectivity index (χ1) is 7.35. The Morgan fingerprint density at radius 2 is 2.13 bits per heavy atom. The Hall–Kier alpha value is -1.22. The molecule has 15 heavy (non-hydrogen) atoms. The zero-order valence-corrected chi connectivity index (χ0v) is 9.32. The molecule has 2 N–H and O–H groups in total. The molecule has 82 valence electrons. The highest BCUT2D eigenvalue weighted by molar-refractivity contribution is 5.41. The van der Waals surface area contributed by atoms with Gasteiger partial charge in [0, 0.05) is 18.9 Å². The molecule has 1 saturated heterocycles. The first-order valence-electron chi connectivity index (χ1n) is 5.40. The molecule has 0 radical (unpaired) electrons. The highest BCUT2D eigenvalue weighted by Gasteiger charge is 2.23.